The van der Waals surface area contributed by atoms with Crippen LogP contribution in [0.5, 0.6) is 0 Å². The van der Waals surface area contributed by atoms with E-state index in [-0.39, 0.29) is 0 Å². The topological polar surface area (TPSA) is 49.5 Å². The van der Waals surface area contributed by atoms with Crippen LogP contribution < -0.4 is 5.73 Å². The van der Waals surface area contributed by atoms with Crippen molar-refractivity contribution >= 4 is 5.69 Å². The van der Waals surface area contributed by atoms with Crippen molar-refractivity contribution in [1.82, 2.24) is 4.90 Å². The minimum atomic E-state index is -0.668. The largest absolute Gasteiger partial charge is 0.398 e. The average Bonchev–Trinajstić information content (AvgIpc) is 2.05. The highest BCUT2D eigenvalue weighted by molar-refractivity contribution is 5.46. The lowest BCUT2D eigenvalue weighted by molar-refractivity contribution is 0.0425. The molecule has 1 rings (SSSR count). The van der Waals surface area contributed by atoms with E-state index in [9.17, 15) is 5.11 Å². The van der Waals surface area contributed by atoms with Crippen LogP contribution in [-0.4, -0.2) is 29.2 Å². The first-order chi connectivity index (χ1) is 6.88. The van der Waals surface area contributed by atoms with Crippen molar-refractivity contribution in [3.8, 4) is 0 Å². The SMILES string of the molecule is CN(Cc1ccccc1N)CC(C)(C)O. The Hall–Kier alpha value is -1.06. The number of hydrogen-bond acceptors (Lipinski definition) is 3. The molecular formula is C12H20N2O. The fourth-order valence-electron chi connectivity index (χ4n) is 1.69. The summed E-state index contributed by atoms with van der Waals surface area (Å²) in [5, 5.41) is 9.66. The molecule has 84 valence electrons. The van der Waals surface area contributed by atoms with Gasteiger partial charge in [-0.3, -0.25) is 4.90 Å². The van der Waals surface area contributed by atoms with Crippen LogP contribution in [0.2, 0.25) is 0 Å². The van der Waals surface area contributed by atoms with Gasteiger partial charge in [0.25, 0.3) is 0 Å². The number of likely N-dealkylation sites (N-methyl/N-ethyl adjacent to an activating group) is 1. The van der Waals surface area contributed by atoms with Crippen LogP contribution in [-0.2, 0) is 6.54 Å². The van der Waals surface area contributed by atoms with Crippen molar-refractivity contribution in [3.05, 3.63) is 29.8 Å². The van der Waals surface area contributed by atoms with Gasteiger partial charge in [0.1, 0.15) is 0 Å². The first kappa shape index (κ1) is 12.0. The predicted molar refractivity (Wildman–Crippen MR) is 63.5 cm³/mol. The van der Waals surface area contributed by atoms with E-state index < -0.39 is 5.60 Å². The molecule has 3 nitrogen and oxygen atoms in total. The van der Waals surface area contributed by atoms with Gasteiger partial charge in [-0.15, -0.1) is 0 Å². The zero-order chi connectivity index (χ0) is 11.5. The quantitative estimate of drug-likeness (QED) is 0.737. The zero-order valence-corrected chi connectivity index (χ0v) is 9.70. The van der Waals surface area contributed by atoms with Gasteiger partial charge < -0.3 is 10.8 Å². The summed E-state index contributed by atoms with van der Waals surface area (Å²) in [6.45, 7) is 4.99. The molecule has 0 saturated heterocycles. The maximum absolute atomic E-state index is 9.66. The molecule has 0 heterocycles. The maximum Gasteiger partial charge on any atom is 0.0718 e. The van der Waals surface area contributed by atoms with E-state index in [0.717, 1.165) is 17.8 Å². The van der Waals surface area contributed by atoms with E-state index in [1.807, 2.05) is 31.3 Å². The summed E-state index contributed by atoms with van der Waals surface area (Å²) < 4.78 is 0. The van der Waals surface area contributed by atoms with Gasteiger partial charge in [0, 0.05) is 18.8 Å². The van der Waals surface area contributed by atoms with E-state index in [1.54, 1.807) is 13.8 Å². The number of benzene rings is 1. The molecule has 0 atom stereocenters. The first-order valence-corrected chi connectivity index (χ1v) is 5.13. The molecule has 3 heteroatoms. The summed E-state index contributed by atoms with van der Waals surface area (Å²) in [6, 6.07) is 7.81. The lowest BCUT2D eigenvalue weighted by Crippen LogP contribution is -2.35. The Morgan fingerprint density at radius 2 is 1.93 bits per heavy atom. The third-order valence-corrected chi connectivity index (χ3v) is 2.15. The van der Waals surface area contributed by atoms with E-state index in [2.05, 4.69) is 4.90 Å². The second kappa shape index (κ2) is 4.64. The molecule has 0 saturated carbocycles. The third-order valence-electron chi connectivity index (χ3n) is 2.15. The third kappa shape index (κ3) is 4.32. The number of aliphatic hydroxyl groups is 1. The van der Waals surface area contributed by atoms with Crippen molar-refractivity contribution in [2.24, 2.45) is 0 Å². The van der Waals surface area contributed by atoms with Crippen LogP contribution in [0.3, 0.4) is 0 Å². The van der Waals surface area contributed by atoms with Crippen molar-refractivity contribution in [3.63, 3.8) is 0 Å². The summed E-state index contributed by atoms with van der Waals surface area (Å²) in [5.74, 6) is 0. The van der Waals surface area contributed by atoms with Gasteiger partial charge >= 0.3 is 0 Å². The van der Waals surface area contributed by atoms with E-state index in [0.29, 0.717) is 6.54 Å². The molecule has 1 aromatic rings. The van der Waals surface area contributed by atoms with Crippen molar-refractivity contribution in [1.29, 1.82) is 0 Å². The van der Waals surface area contributed by atoms with Gasteiger partial charge in [-0.05, 0) is 32.5 Å². The minimum Gasteiger partial charge on any atom is -0.398 e. The highest BCUT2D eigenvalue weighted by Gasteiger charge is 2.15. The molecule has 0 bridgehead atoms. The Morgan fingerprint density at radius 3 is 2.47 bits per heavy atom. The van der Waals surface area contributed by atoms with Gasteiger partial charge in [-0.25, -0.2) is 0 Å². The number of nitrogen functional groups attached to an aromatic ring is 1. The number of nitrogens with two attached hydrogens (primary N) is 1. The van der Waals surface area contributed by atoms with Crippen LogP contribution in [0.25, 0.3) is 0 Å². The fraction of sp³-hybridized carbons (Fsp3) is 0.500. The monoisotopic (exact) mass is 208 g/mol. The Kier molecular flexibility index (Phi) is 3.72. The van der Waals surface area contributed by atoms with Crippen LogP contribution >= 0.6 is 0 Å². The Labute approximate surface area is 91.5 Å². The van der Waals surface area contributed by atoms with E-state index >= 15 is 0 Å². The van der Waals surface area contributed by atoms with Gasteiger partial charge in [0.2, 0.25) is 0 Å². The standard InChI is InChI=1S/C12H20N2O/c1-12(2,15)9-14(3)8-10-6-4-5-7-11(10)13/h4-7,15H,8-9,13H2,1-3H3. The highest BCUT2D eigenvalue weighted by Crippen LogP contribution is 2.14. The summed E-state index contributed by atoms with van der Waals surface area (Å²) in [7, 11) is 1.98. The molecule has 0 aliphatic heterocycles. The smallest absolute Gasteiger partial charge is 0.0718 e. The molecule has 0 spiro atoms. The van der Waals surface area contributed by atoms with Crippen LogP contribution in [0, 0.1) is 0 Å². The number of para-hydroxylation sites is 1. The molecule has 0 radical (unpaired) electrons. The molecular weight excluding hydrogens is 188 g/mol. The van der Waals surface area contributed by atoms with Crippen LogP contribution in [0.4, 0.5) is 5.69 Å². The summed E-state index contributed by atoms with van der Waals surface area (Å²) in [5.41, 5.74) is 7.08. The molecule has 0 aromatic heterocycles. The Bertz CT molecular complexity index is 318. The Morgan fingerprint density at radius 1 is 1.33 bits per heavy atom. The van der Waals surface area contributed by atoms with Gasteiger partial charge in [0.15, 0.2) is 0 Å². The molecule has 1 aromatic carbocycles. The lowest BCUT2D eigenvalue weighted by atomic mass is 10.1. The van der Waals surface area contributed by atoms with E-state index in [4.69, 9.17) is 5.73 Å². The molecule has 3 N–H and O–H groups in total. The van der Waals surface area contributed by atoms with Gasteiger partial charge in [-0.2, -0.15) is 0 Å². The summed E-state index contributed by atoms with van der Waals surface area (Å²) in [6.07, 6.45) is 0. The van der Waals surface area contributed by atoms with Crippen LogP contribution in [0.1, 0.15) is 19.4 Å². The van der Waals surface area contributed by atoms with Crippen molar-refractivity contribution in [2.75, 3.05) is 19.3 Å². The minimum absolute atomic E-state index is 0.626. The summed E-state index contributed by atoms with van der Waals surface area (Å²) >= 11 is 0. The fourth-order valence-corrected chi connectivity index (χ4v) is 1.69. The maximum atomic E-state index is 9.66. The molecule has 0 unspecified atom stereocenters. The average molecular weight is 208 g/mol. The Balaban J connectivity index is 2.59. The van der Waals surface area contributed by atoms with Crippen molar-refractivity contribution < 1.29 is 5.11 Å². The number of nitrogens with zero attached hydrogens (tertiary/aromatic N) is 1. The van der Waals surface area contributed by atoms with Gasteiger partial charge in [-0.1, -0.05) is 18.2 Å². The molecule has 15 heavy (non-hydrogen) atoms. The lowest BCUT2D eigenvalue weighted by Gasteiger charge is -2.25. The van der Waals surface area contributed by atoms with E-state index in [1.165, 1.54) is 0 Å². The predicted octanol–water partition coefficient (Wildman–Crippen LogP) is 1.47. The number of hydrogen-bond donors (Lipinski definition) is 2. The molecule has 0 aliphatic carbocycles. The molecule has 0 fully saturated rings. The second-order valence-electron chi connectivity index (χ2n) is 4.68. The van der Waals surface area contributed by atoms with Gasteiger partial charge in [0.05, 0.1) is 5.60 Å². The molecule has 0 amide bonds. The van der Waals surface area contributed by atoms with Crippen LogP contribution in [0.15, 0.2) is 24.3 Å². The summed E-state index contributed by atoms with van der Waals surface area (Å²) in [4.78, 5) is 2.06. The number of anilines is 1. The zero-order valence-electron chi connectivity index (χ0n) is 9.70. The first-order valence-electron chi connectivity index (χ1n) is 5.13. The van der Waals surface area contributed by atoms with Crippen molar-refractivity contribution in [2.45, 2.75) is 26.0 Å². The molecule has 0 aliphatic rings. The second-order valence-corrected chi connectivity index (χ2v) is 4.68. The normalized spacial score (nSPS) is 12.1. The highest BCUT2D eigenvalue weighted by atomic mass is 16.3. The number of rotatable bonds is 4.